The van der Waals surface area contributed by atoms with Crippen LogP contribution in [0.4, 0.5) is 4.39 Å². The zero-order chi connectivity index (χ0) is 18.7. The lowest BCUT2D eigenvalue weighted by Crippen LogP contribution is -2.44. The largest absolute Gasteiger partial charge is 0.481 e. The van der Waals surface area contributed by atoms with E-state index in [0.29, 0.717) is 12.8 Å². The average Bonchev–Trinajstić information content (AvgIpc) is 3.12. The first-order valence-electron chi connectivity index (χ1n) is 8.31. The first kappa shape index (κ1) is 18.3. The normalized spacial score (nSPS) is 16.2. The number of halogens is 2. The van der Waals surface area contributed by atoms with Crippen LogP contribution in [0.1, 0.15) is 42.6 Å². The van der Waals surface area contributed by atoms with Gasteiger partial charge in [-0.3, -0.25) is 9.59 Å². The van der Waals surface area contributed by atoms with E-state index in [1.54, 1.807) is 6.07 Å². The maximum absolute atomic E-state index is 14.0. The van der Waals surface area contributed by atoms with Crippen molar-refractivity contribution in [3.05, 3.63) is 40.9 Å². The quantitative estimate of drug-likeness (QED) is 0.831. The summed E-state index contributed by atoms with van der Waals surface area (Å²) < 4.78 is 15.2. The van der Waals surface area contributed by atoms with Crippen LogP contribution in [0.15, 0.2) is 24.4 Å². The minimum absolute atomic E-state index is 0.0271. The van der Waals surface area contributed by atoms with E-state index < -0.39 is 23.1 Å². The zero-order valence-corrected chi connectivity index (χ0v) is 14.7. The van der Waals surface area contributed by atoms with Crippen molar-refractivity contribution in [1.82, 2.24) is 20.3 Å². The Morgan fingerprint density at radius 3 is 2.73 bits per heavy atom. The second-order valence-electron chi connectivity index (χ2n) is 6.45. The summed E-state index contributed by atoms with van der Waals surface area (Å²) in [4.78, 5) is 24.0. The van der Waals surface area contributed by atoms with Crippen molar-refractivity contribution in [3.8, 4) is 5.69 Å². The minimum atomic E-state index is -0.942. The van der Waals surface area contributed by atoms with E-state index in [4.69, 9.17) is 11.6 Å². The highest BCUT2D eigenvalue weighted by Crippen LogP contribution is 2.36. The number of rotatable bonds is 5. The van der Waals surface area contributed by atoms with Crippen molar-refractivity contribution in [3.63, 3.8) is 0 Å². The highest BCUT2D eigenvalue weighted by atomic mass is 35.5. The molecule has 0 aliphatic heterocycles. The summed E-state index contributed by atoms with van der Waals surface area (Å²) in [5, 5.41) is 19.6. The number of aromatic nitrogens is 3. The number of hydrogen-bond acceptors (Lipinski definition) is 4. The van der Waals surface area contributed by atoms with E-state index >= 15 is 0 Å². The summed E-state index contributed by atoms with van der Waals surface area (Å²) in [6, 6.07) is 4.42. The predicted molar refractivity (Wildman–Crippen MR) is 91.8 cm³/mol. The SMILES string of the molecule is O=C(NCC1(C(=O)O)CCCCC1)c1cn(-c2cccc(Cl)c2F)nn1. The predicted octanol–water partition coefficient (Wildman–Crippen LogP) is 2.82. The van der Waals surface area contributed by atoms with Crippen molar-refractivity contribution in [1.29, 1.82) is 0 Å². The fraction of sp³-hybridized carbons (Fsp3) is 0.412. The lowest BCUT2D eigenvalue weighted by atomic mass is 9.74. The van der Waals surface area contributed by atoms with Gasteiger partial charge in [0.15, 0.2) is 11.5 Å². The topological polar surface area (TPSA) is 97.1 Å². The number of nitrogens with zero attached hydrogens (tertiary/aromatic N) is 3. The molecule has 0 radical (unpaired) electrons. The molecule has 7 nitrogen and oxygen atoms in total. The molecule has 1 fully saturated rings. The number of aliphatic carboxylic acids is 1. The fourth-order valence-electron chi connectivity index (χ4n) is 3.19. The van der Waals surface area contributed by atoms with Crippen LogP contribution >= 0.6 is 11.6 Å². The molecule has 0 saturated heterocycles. The molecule has 9 heteroatoms. The molecule has 0 bridgehead atoms. The van der Waals surface area contributed by atoms with Crippen LogP contribution in [-0.2, 0) is 4.79 Å². The third-order valence-electron chi connectivity index (χ3n) is 4.76. The fourth-order valence-corrected chi connectivity index (χ4v) is 3.36. The third-order valence-corrected chi connectivity index (χ3v) is 5.05. The van der Waals surface area contributed by atoms with Gasteiger partial charge in [0.25, 0.3) is 5.91 Å². The summed E-state index contributed by atoms with van der Waals surface area (Å²) in [6.07, 6.45) is 4.99. The molecular formula is C17H18ClFN4O3. The lowest BCUT2D eigenvalue weighted by molar-refractivity contribution is -0.150. The Morgan fingerprint density at radius 2 is 2.04 bits per heavy atom. The van der Waals surface area contributed by atoms with E-state index in [9.17, 15) is 19.1 Å². The Balaban J connectivity index is 1.72. The molecule has 1 aliphatic carbocycles. The van der Waals surface area contributed by atoms with Crippen LogP contribution in [0.5, 0.6) is 0 Å². The Labute approximate surface area is 154 Å². The van der Waals surface area contributed by atoms with E-state index in [0.717, 1.165) is 23.9 Å². The molecule has 3 rings (SSSR count). The van der Waals surface area contributed by atoms with Crippen LogP contribution < -0.4 is 5.32 Å². The highest BCUT2D eigenvalue weighted by Gasteiger charge is 2.40. The van der Waals surface area contributed by atoms with Crippen molar-refractivity contribution < 1.29 is 19.1 Å². The summed E-state index contributed by atoms with van der Waals surface area (Å²) >= 11 is 5.74. The second-order valence-corrected chi connectivity index (χ2v) is 6.86. The number of carbonyl (C=O) groups is 2. The van der Waals surface area contributed by atoms with Gasteiger partial charge in [-0.1, -0.05) is 42.1 Å². The summed E-state index contributed by atoms with van der Waals surface area (Å²) in [5.41, 5.74) is -0.901. The van der Waals surface area contributed by atoms with Crippen molar-refractivity contribution in [2.45, 2.75) is 32.1 Å². The van der Waals surface area contributed by atoms with Crippen molar-refractivity contribution >= 4 is 23.5 Å². The van der Waals surface area contributed by atoms with Crippen molar-refractivity contribution in [2.75, 3.05) is 6.54 Å². The molecular weight excluding hydrogens is 363 g/mol. The molecule has 1 aromatic heterocycles. The molecule has 138 valence electrons. The van der Waals surface area contributed by atoms with Gasteiger partial charge >= 0.3 is 5.97 Å². The average molecular weight is 381 g/mol. The van der Waals surface area contributed by atoms with Gasteiger partial charge in [-0.25, -0.2) is 9.07 Å². The molecule has 1 aliphatic rings. The smallest absolute Gasteiger partial charge is 0.311 e. The van der Waals surface area contributed by atoms with Crippen LogP contribution in [-0.4, -0.2) is 38.5 Å². The standard InChI is InChI=1S/C17H18ClFN4O3/c18-11-5-4-6-13(14(11)19)23-9-12(21-22-23)15(24)20-10-17(16(25)26)7-2-1-3-8-17/h4-6,9H,1-3,7-8,10H2,(H,20,24)(H,25,26). The van der Waals surface area contributed by atoms with Gasteiger partial charge in [-0.2, -0.15) is 0 Å². The van der Waals surface area contributed by atoms with Gasteiger partial charge in [-0.05, 0) is 25.0 Å². The Kier molecular flexibility index (Phi) is 5.22. The molecule has 2 aromatic rings. The number of carbonyl (C=O) groups excluding carboxylic acids is 1. The van der Waals surface area contributed by atoms with Crippen molar-refractivity contribution in [2.24, 2.45) is 5.41 Å². The van der Waals surface area contributed by atoms with E-state index in [-0.39, 0.29) is 22.9 Å². The van der Waals surface area contributed by atoms with Crippen LogP contribution in [0.2, 0.25) is 5.02 Å². The Bertz CT molecular complexity index is 833. The molecule has 2 N–H and O–H groups in total. The number of nitrogens with one attached hydrogen (secondary N) is 1. The van der Waals surface area contributed by atoms with Gasteiger partial charge in [0.2, 0.25) is 0 Å². The highest BCUT2D eigenvalue weighted by molar-refractivity contribution is 6.30. The van der Waals surface area contributed by atoms with Crippen LogP contribution in [0, 0.1) is 11.2 Å². The molecule has 1 heterocycles. The lowest BCUT2D eigenvalue weighted by Gasteiger charge is -2.33. The first-order chi connectivity index (χ1) is 12.4. The molecule has 0 spiro atoms. The van der Waals surface area contributed by atoms with E-state index in [1.165, 1.54) is 18.3 Å². The second kappa shape index (κ2) is 7.41. The molecule has 26 heavy (non-hydrogen) atoms. The molecule has 1 amide bonds. The number of carboxylic acids is 1. The Hall–Kier alpha value is -2.48. The maximum atomic E-state index is 14.0. The van der Waals surface area contributed by atoms with Gasteiger partial charge in [-0.15, -0.1) is 5.10 Å². The number of carboxylic acid groups (broad SMARTS) is 1. The molecule has 1 saturated carbocycles. The van der Waals surface area contributed by atoms with Gasteiger partial charge in [0.1, 0.15) is 5.69 Å². The molecule has 0 unspecified atom stereocenters. The van der Waals surface area contributed by atoms with Crippen LogP contribution in [0.3, 0.4) is 0 Å². The molecule has 1 aromatic carbocycles. The van der Waals surface area contributed by atoms with Gasteiger partial charge < -0.3 is 10.4 Å². The summed E-state index contributed by atoms with van der Waals surface area (Å²) in [5.74, 6) is -2.12. The summed E-state index contributed by atoms with van der Waals surface area (Å²) in [6.45, 7) is 0.0273. The number of amides is 1. The first-order valence-corrected chi connectivity index (χ1v) is 8.69. The van der Waals surface area contributed by atoms with E-state index in [2.05, 4.69) is 15.6 Å². The minimum Gasteiger partial charge on any atom is -0.481 e. The van der Waals surface area contributed by atoms with E-state index in [1.807, 2.05) is 0 Å². The molecule has 0 atom stereocenters. The summed E-state index contributed by atoms with van der Waals surface area (Å²) in [7, 11) is 0. The Morgan fingerprint density at radius 1 is 1.31 bits per heavy atom. The van der Waals surface area contributed by atoms with Crippen LogP contribution in [0.25, 0.3) is 5.69 Å². The van der Waals surface area contributed by atoms with Gasteiger partial charge in [0, 0.05) is 6.54 Å². The third kappa shape index (κ3) is 3.55. The maximum Gasteiger partial charge on any atom is 0.311 e. The zero-order valence-electron chi connectivity index (χ0n) is 13.9. The van der Waals surface area contributed by atoms with Gasteiger partial charge in [0.05, 0.1) is 16.6 Å². The monoisotopic (exact) mass is 380 g/mol. The number of hydrogen-bond donors (Lipinski definition) is 2. The number of benzene rings is 1.